The summed E-state index contributed by atoms with van der Waals surface area (Å²) in [6.07, 6.45) is 96.5. The predicted octanol–water partition coefficient (Wildman–Crippen LogP) is 20.5. The molecule has 0 aromatic rings. The fourth-order valence-corrected chi connectivity index (χ4v) is 8.73. The van der Waals surface area contributed by atoms with E-state index in [1.807, 2.05) is 21.1 Å². The molecule has 0 aromatic heterocycles. The second-order valence-electron chi connectivity index (χ2n) is 22.0. The molecular weight excluding hydrogens is 1060 g/mol. The van der Waals surface area contributed by atoms with E-state index in [1.165, 1.54) is 19.3 Å². The lowest BCUT2D eigenvalue weighted by Gasteiger charge is -2.28. The monoisotopic (exact) mass is 1180 g/mol. The zero-order valence-electron chi connectivity index (χ0n) is 53.5. The molecule has 0 radical (unpaired) electrons. The van der Waals surface area contributed by atoms with E-state index in [1.54, 1.807) is 0 Å². The number of ether oxygens (including phenoxy) is 2. The number of phosphoric ester groups is 1. The average molecular weight is 1180 g/mol. The van der Waals surface area contributed by atoms with Crippen molar-refractivity contribution in [2.45, 2.75) is 225 Å². The Labute approximate surface area is 514 Å². The van der Waals surface area contributed by atoms with Gasteiger partial charge in [0.25, 0.3) is 7.82 Å². The molecule has 0 aliphatic carbocycles. The number of unbranched alkanes of at least 4 members (excludes halogenated alkanes) is 13. The van der Waals surface area contributed by atoms with E-state index < -0.39 is 32.5 Å². The van der Waals surface area contributed by atoms with Crippen LogP contribution in [0.4, 0.5) is 0 Å². The predicted molar refractivity (Wildman–Crippen MR) is 359 cm³/mol. The van der Waals surface area contributed by atoms with E-state index in [2.05, 4.69) is 196 Å². The Balaban J connectivity index is 4.25. The Bertz CT molecular complexity index is 2070. The molecule has 0 bridgehead atoms. The molecule has 0 aromatic carbocycles. The number of esters is 2. The van der Waals surface area contributed by atoms with Gasteiger partial charge in [0.05, 0.1) is 27.7 Å². The van der Waals surface area contributed by atoms with Crippen LogP contribution in [-0.2, 0) is 32.7 Å². The number of carbonyl (C=O) groups is 2. The molecule has 9 nitrogen and oxygen atoms in total. The summed E-state index contributed by atoms with van der Waals surface area (Å²) in [6.45, 7) is 3.95. The first kappa shape index (κ1) is 79.1. The number of hydrogen-bond acceptors (Lipinski definition) is 8. The van der Waals surface area contributed by atoms with Gasteiger partial charge in [-0.15, -0.1) is 0 Å². The number of carbonyl (C=O) groups excluding carboxylic acids is 2. The molecule has 84 heavy (non-hydrogen) atoms. The minimum atomic E-state index is -4.66. The molecule has 10 heteroatoms. The van der Waals surface area contributed by atoms with Crippen LogP contribution < -0.4 is 4.89 Å². The van der Waals surface area contributed by atoms with Crippen molar-refractivity contribution in [2.75, 3.05) is 47.5 Å². The minimum Gasteiger partial charge on any atom is -0.756 e. The Morgan fingerprint density at radius 2 is 0.643 bits per heavy atom. The van der Waals surface area contributed by atoms with Crippen molar-refractivity contribution in [2.24, 2.45) is 0 Å². The van der Waals surface area contributed by atoms with Crippen LogP contribution in [0.5, 0.6) is 0 Å². The van der Waals surface area contributed by atoms with Gasteiger partial charge in [-0.3, -0.25) is 14.2 Å². The molecular formula is C74H118NO8P. The Morgan fingerprint density at radius 1 is 0.369 bits per heavy atom. The first-order valence-corrected chi connectivity index (χ1v) is 34.0. The third-order valence-electron chi connectivity index (χ3n) is 12.9. The first-order chi connectivity index (χ1) is 41.0. The Hall–Kier alpha value is -4.89. The lowest BCUT2D eigenvalue weighted by molar-refractivity contribution is -0.870. The van der Waals surface area contributed by atoms with Gasteiger partial charge in [0.2, 0.25) is 0 Å². The summed E-state index contributed by atoms with van der Waals surface area (Å²) < 4.78 is 34.2. The third kappa shape index (κ3) is 66.3. The minimum absolute atomic E-state index is 0.0471. The van der Waals surface area contributed by atoms with E-state index >= 15 is 0 Å². The van der Waals surface area contributed by atoms with Crippen molar-refractivity contribution in [1.82, 2.24) is 0 Å². The summed E-state index contributed by atoms with van der Waals surface area (Å²) in [6, 6.07) is 0. The molecule has 0 aliphatic heterocycles. The van der Waals surface area contributed by atoms with E-state index in [9.17, 15) is 19.0 Å². The number of phosphoric acid groups is 1. The maximum atomic E-state index is 12.8. The standard InChI is InChI=1S/C74H118NO8P/c1-6-8-10-12-14-16-18-20-22-24-26-28-30-32-34-36-37-39-41-43-45-47-49-51-53-55-57-59-61-63-65-67-74(77)83-72(71-82-84(78,79)81-69-68-75(3,4)5)70-80-73(76)66-64-62-60-58-56-54-52-50-48-46-44-42-40-38-35-33-31-29-27-25-23-21-19-17-15-13-11-9-7-2/h8-11,14-17,20-23,26-29,32-35,37,39-40,42-43,45-46,48-49,51,72H,6-7,12-13,18-19,24-25,30-31,36,38,41,44,47,50,52-71H2,1-5H3/b10-8-,11-9-,16-14-,17-15-,22-20-,23-21-,28-26-,29-27-,34-32-,35-33-,39-37-,42-40-,45-43-,48-46-,51-49-. The Morgan fingerprint density at radius 3 is 0.952 bits per heavy atom. The second kappa shape index (κ2) is 62.6. The fourth-order valence-electron chi connectivity index (χ4n) is 8.00. The van der Waals surface area contributed by atoms with Crippen LogP contribution in [-0.4, -0.2) is 70.0 Å². The smallest absolute Gasteiger partial charge is 0.306 e. The molecule has 0 N–H and O–H groups in total. The van der Waals surface area contributed by atoms with Gasteiger partial charge >= 0.3 is 11.9 Å². The van der Waals surface area contributed by atoms with E-state index in [4.69, 9.17) is 18.5 Å². The van der Waals surface area contributed by atoms with Gasteiger partial charge in [0.15, 0.2) is 6.10 Å². The molecule has 0 fully saturated rings. The summed E-state index contributed by atoms with van der Waals surface area (Å²) in [5, 5.41) is 0. The van der Waals surface area contributed by atoms with Gasteiger partial charge in [-0.2, -0.15) is 0 Å². The van der Waals surface area contributed by atoms with Crippen molar-refractivity contribution >= 4 is 19.8 Å². The maximum absolute atomic E-state index is 12.8. The summed E-state index contributed by atoms with van der Waals surface area (Å²) in [5.74, 6) is -0.879. The van der Waals surface area contributed by atoms with Crippen molar-refractivity contribution in [3.63, 3.8) is 0 Å². The molecule has 0 heterocycles. The topological polar surface area (TPSA) is 111 Å². The van der Waals surface area contributed by atoms with Gasteiger partial charge in [0, 0.05) is 12.8 Å². The number of allylic oxidation sites excluding steroid dienone is 30. The van der Waals surface area contributed by atoms with Crippen LogP contribution in [0.2, 0.25) is 0 Å². The molecule has 0 saturated heterocycles. The van der Waals surface area contributed by atoms with Crippen LogP contribution in [0.25, 0.3) is 0 Å². The number of hydrogen-bond donors (Lipinski definition) is 0. The molecule has 2 atom stereocenters. The zero-order chi connectivity index (χ0) is 61.2. The van der Waals surface area contributed by atoms with Crippen LogP contribution >= 0.6 is 7.82 Å². The lowest BCUT2D eigenvalue weighted by Crippen LogP contribution is -2.37. The van der Waals surface area contributed by atoms with E-state index in [0.717, 1.165) is 161 Å². The number of nitrogens with zero attached hydrogens (tertiary/aromatic N) is 1. The summed E-state index contributed by atoms with van der Waals surface area (Å²) in [4.78, 5) is 38.0. The molecule has 472 valence electrons. The van der Waals surface area contributed by atoms with Gasteiger partial charge in [-0.1, -0.05) is 254 Å². The average Bonchev–Trinajstić information content (AvgIpc) is 3.61. The van der Waals surface area contributed by atoms with Crippen LogP contribution in [0, 0.1) is 0 Å². The number of quaternary nitrogens is 1. The van der Waals surface area contributed by atoms with Gasteiger partial charge in [0.1, 0.15) is 19.8 Å². The van der Waals surface area contributed by atoms with Crippen molar-refractivity contribution in [3.05, 3.63) is 182 Å². The second-order valence-corrected chi connectivity index (χ2v) is 23.4. The quantitative estimate of drug-likeness (QED) is 0.0195. The largest absolute Gasteiger partial charge is 0.756 e. The highest BCUT2D eigenvalue weighted by atomic mass is 31.2. The van der Waals surface area contributed by atoms with Crippen LogP contribution in [0.1, 0.15) is 219 Å². The fraction of sp³-hybridized carbons (Fsp3) is 0.568. The normalized spacial score (nSPS) is 14.4. The summed E-state index contributed by atoms with van der Waals surface area (Å²) in [7, 11) is 1.12. The SMILES string of the molecule is CC/C=C\C/C=C\C/C=C\C/C=C\C/C=C\C/C=C\C/C=C\C/C=C\CCCCCCCCC(=O)OC(COC(=O)CCCCCCCCC/C=C\C/C=C\C/C=C\C/C=C\C/C=C\C/C=C\C/C=C\CC)COP(=O)([O-])OCC[N+](C)(C)C. The zero-order valence-corrected chi connectivity index (χ0v) is 54.4. The van der Waals surface area contributed by atoms with Crippen LogP contribution in [0.15, 0.2) is 182 Å². The van der Waals surface area contributed by atoms with Crippen molar-refractivity contribution in [1.29, 1.82) is 0 Å². The molecule has 0 spiro atoms. The Kier molecular flexibility index (Phi) is 59.0. The lowest BCUT2D eigenvalue weighted by atomic mass is 10.1. The van der Waals surface area contributed by atoms with Crippen molar-refractivity contribution < 1.29 is 42.1 Å². The van der Waals surface area contributed by atoms with Crippen molar-refractivity contribution in [3.8, 4) is 0 Å². The van der Waals surface area contributed by atoms with E-state index in [-0.39, 0.29) is 26.1 Å². The molecule has 0 aliphatic rings. The molecule has 0 saturated carbocycles. The maximum Gasteiger partial charge on any atom is 0.306 e. The summed E-state index contributed by atoms with van der Waals surface area (Å²) >= 11 is 0. The van der Waals surface area contributed by atoms with Gasteiger partial charge in [-0.05, 0) is 135 Å². The van der Waals surface area contributed by atoms with E-state index in [0.29, 0.717) is 23.9 Å². The van der Waals surface area contributed by atoms with Gasteiger partial charge < -0.3 is 27.9 Å². The summed E-state index contributed by atoms with van der Waals surface area (Å²) in [5.41, 5.74) is 0. The van der Waals surface area contributed by atoms with Gasteiger partial charge in [-0.25, -0.2) is 0 Å². The molecule has 0 rings (SSSR count). The number of likely N-dealkylation sites (N-methyl/N-ethyl adjacent to an activating group) is 1. The molecule has 2 unspecified atom stereocenters. The third-order valence-corrected chi connectivity index (χ3v) is 13.9. The molecule has 0 amide bonds. The first-order valence-electron chi connectivity index (χ1n) is 32.5. The highest BCUT2D eigenvalue weighted by molar-refractivity contribution is 7.45. The highest BCUT2D eigenvalue weighted by Gasteiger charge is 2.22. The number of rotatable bonds is 57. The highest BCUT2D eigenvalue weighted by Crippen LogP contribution is 2.38. The van der Waals surface area contributed by atoms with Crippen LogP contribution in [0.3, 0.4) is 0 Å².